The van der Waals surface area contributed by atoms with E-state index in [1.165, 1.54) is 12.3 Å². The van der Waals surface area contributed by atoms with E-state index < -0.39 is 15.7 Å². The van der Waals surface area contributed by atoms with Crippen LogP contribution in [-0.2, 0) is 19.5 Å². The molecule has 8 heteroatoms. The van der Waals surface area contributed by atoms with Gasteiger partial charge in [0.25, 0.3) is 5.91 Å². The molecule has 0 N–H and O–H groups in total. The quantitative estimate of drug-likeness (QED) is 0.542. The van der Waals surface area contributed by atoms with E-state index in [0.717, 1.165) is 0 Å². The van der Waals surface area contributed by atoms with Crippen molar-refractivity contribution in [3.63, 3.8) is 0 Å². The molecule has 1 aromatic carbocycles. The molecule has 0 saturated carbocycles. The Labute approximate surface area is 147 Å². The summed E-state index contributed by atoms with van der Waals surface area (Å²) >= 11 is 0. The number of sulfone groups is 1. The van der Waals surface area contributed by atoms with E-state index in [4.69, 9.17) is 4.84 Å². The van der Waals surface area contributed by atoms with Gasteiger partial charge in [-0.1, -0.05) is 37.2 Å². The lowest BCUT2D eigenvalue weighted by atomic mass is 10.1. The van der Waals surface area contributed by atoms with Crippen LogP contribution < -0.4 is 0 Å². The number of benzene rings is 1. The Balaban J connectivity index is 1.94. The van der Waals surface area contributed by atoms with Crippen molar-refractivity contribution in [2.45, 2.75) is 26.3 Å². The van der Waals surface area contributed by atoms with Crippen molar-refractivity contribution in [3.8, 4) is 0 Å². The Kier molecular flexibility index (Phi) is 6.52. The van der Waals surface area contributed by atoms with Crippen molar-refractivity contribution in [1.82, 2.24) is 4.90 Å². The second-order valence-electron chi connectivity index (χ2n) is 6.53. The number of nitrogens with zero attached hydrogens (tertiary/aromatic N) is 2. The molecule has 1 atom stereocenters. The second-order valence-corrected chi connectivity index (χ2v) is 8.75. The van der Waals surface area contributed by atoms with Crippen LogP contribution in [0.25, 0.3) is 0 Å². The first-order valence-corrected chi connectivity index (χ1v) is 10.0. The fourth-order valence-corrected chi connectivity index (χ4v) is 4.45. The molecule has 0 spiro atoms. The molecule has 0 radical (unpaired) electrons. The fraction of sp³-hybridized carbons (Fsp3) is 0.529. The van der Waals surface area contributed by atoms with Crippen LogP contribution in [0.1, 0.15) is 25.8 Å². The minimum Gasteiger partial charge on any atom is -0.386 e. The summed E-state index contributed by atoms with van der Waals surface area (Å²) < 4.78 is 36.8. The van der Waals surface area contributed by atoms with Gasteiger partial charge in [-0.15, -0.1) is 0 Å². The van der Waals surface area contributed by atoms with E-state index in [0.29, 0.717) is 13.0 Å². The molecule has 1 saturated heterocycles. The molecule has 1 aromatic rings. The average molecular weight is 370 g/mol. The third kappa shape index (κ3) is 5.81. The Morgan fingerprint density at radius 1 is 1.44 bits per heavy atom. The summed E-state index contributed by atoms with van der Waals surface area (Å²) in [6.07, 6.45) is 1.65. The first-order chi connectivity index (χ1) is 11.8. The van der Waals surface area contributed by atoms with E-state index in [1.807, 2.05) is 13.8 Å². The van der Waals surface area contributed by atoms with Crippen molar-refractivity contribution >= 4 is 22.0 Å². The van der Waals surface area contributed by atoms with E-state index in [9.17, 15) is 17.6 Å². The molecule has 0 aliphatic carbocycles. The van der Waals surface area contributed by atoms with Gasteiger partial charge in [0.15, 0.2) is 16.4 Å². The molecule has 1 amide bonds. The van der Waals surface area contributed by atoms with Gasteiger partial charge >= 0.3 is 0 Å². The maximum Gasteiger partial charge on any atom is 0.263 e. The molecular formula is C17H23FN2O4S. The summed E-state index contributed by atoms with van der Waals surface area (Å²) in [7, 11) is -3.08. The van der Waals surface area contributed by atoms with E-state index in [2.05, 4.69) is 5.16 Å². The van der Waals surface area contributed by atoms with Gasteiger partial charge in [0.05, 0.1) is 17.7 Å². The van der Waals surface area contributed by atoms with Crippen molar-refractivity contribution < 1.29 is 22.4 Å². The minimum atomic E-state index is -3.08. The van der Waals surface area contributed by atoms with Gasteiger partial charge in [-0.2, -0.15) is 0 Å². The molecule has 1 aliphatic heterocycles. The number of rotatable bonds is 7. The maximum atomic E-state index is 13.4. The molecule has 1 heterocycles. The van der Waals surface area contributed by atoms with E-state index >= 15 is 0 Å². The first-order valence-electron chi connectivity index (χ1n) is 8.18. The summed E-state index contributed by atoms with van der Waals surface area (Å²) in [5.41, 5.74) is 0.260. The summed E-state index contributed by atoms with van der Waals surface area (Å²) in [5.74, 6) is -0.454. The van der Waals surface area contributed by atoms with Crippen LogP contribution >= 0.6 is 0 Å². The van der Waals surface area contributed by atoms with Crippen LogP contribution in [0.4, 0.5) is 4.39 Å². The van der Waals surface area contributed by atoms with Crippen LogP contribution in [-0.4, -0.2) is 56.1 Å². The lowest BCUT2D eigenvalue weighted by Crippen LogP contribution is -2.44. The topological polar surface area (TPSA) is 76.0 Å². The normalized spacial score (nSPS) is 19.4. The number of oxime groups is 1. The van der Waals surface area contributed by atoms with Crippen molar-refractivity contribution in [2.75, 3.05) is 24.7 Å². The minimum absolute atomic E-state index is 0.00997. The van der Waals surface area contributed by atoms with Crippen LogP contribution in [0.15, 0.2) is 29.4 Å². The third-order valence-electron chi connectivity index (χ3n) is 3.89. The molecule has 2 rings (SSSR count). The molecule has 138 valence electrons. The highest BCUT2D eigenvalue weighted by Crippen LogP contribution is 2.19. The lowest BCUT2D eigenvalue weighted by molar-refractivity contribution is -0.138. The smallest absolute Gasteiger partial charge is 0.263 e. The van der Waals surface area contributed by atoms with Gasteiger partial charge in [0.1, 0.15) is 5.82 Å². The zero-order valence-electron chi connectivity index (χ0n) is 14.4. The van der Waals surface area contributed by atoms with Crippen molar-refractivity contribution in [2.24, 2.45) is 11.1 Å². The summed E-state index contributed by atoms with van der Waals surface area (Å²) in [5, 5.41) is 3.63. The van der Waals surface area contributed by atoms with Crippen LogP contribution in [0.3, 0.4) is 0 Å². The summed E-state index contributed by atoms with van der Waals surface area (Å²) in [6.45, 7) is 4.06. The van der Waals surface area contributed by atoms with Gasteiger partial charge in [-0.3, -0.25) is 4.79 Å². The van der Waals surface area contributed by atoms with Gasteiger partial charge in [0, 0.05) is 18.2 Å². The van der Waals surface area contributed by atoms with E-state index in [1.54, 1.807) is 23.1 Å². The molecule has 6 nitrogen and oxygen atoms in total. The van der Waals surface area contributed by atoms with Gasteiger partial charge in [-0.25, -0.2) is 12.8 Å². The number of hydrogen-bond acceptors (Lipinski definition) is 5. The molecule has 1 aliphatic rings. The van der Waals surface area contributed by atoms with Crippen LogP contribution in [0.5, 0.6) is 0 Å². The number of amides is 1. The Morgan fingerprint density at radius 2 is 2.16 bits per heavy atom. The molecule has 0 unspecified atom stereocenters. The SMILES string of the molecule is CC(C)CN(C(=O)CO/N=C\c1ccccc1F)[C@@H]1CCS(=O)(=O)C1. The monoisotopic (exact) mass is 370 g/mol. The third-order valence-corrected chi connectivity index (χ3v) is 5.64. The fourth-order valence-electron chi connectivity index (χ4n) is 2.72. The Hall–Kier alpha value is -1.96. The number of hydrogen-bond donors (Lipinski definition) is 0. The van der Waals surface area contributed by atoms with Crippen molar-refractivity contribution in [3.05, 3.63) is 35.6 Å². The van der Waals surface area contributed by atoms with Gasteiger partial charge in [0.2, 0.25) is 0 Å². The standard InChI is InChI=1S/C17H23FN2O4S/c1-13(2)10-20(15-7-8-25(22,23)12-15)17(21)11-24-19-9-14-5-3-4-6-16(14)18/h3-6,9,13,15H,7-8,10-12H2,1-2H3/b19-9-/t15-/m1/s1. The highest BCUT2D eigenvalue weighted by molar-refractivity contribution is 7.91. The highest BCUT2D eigenvalue weighted by Gasteiger charge is 2.34. The Morgan fingerprint density at radius 3 is 2.76 bits per heavy atom. The zero-order chi connectivity index (χ0) is 18.4. The first kappa shape index (κ1) is 19.4. The molecular weight excluding hydrogens is 347 g/mol. The number of halogens is 1. The molecule has 1 fully saturated rings. The van der Waals surface area contributed by atoms with Gasteiger partial charge < -0.3 is 9.74 Å². The Bertz CT molecular complexity index is 734. The molecule has 25 heavy (non-hydrogen) atoms. The number of carbonyl (C=O) groups is 1. The second kappa shape index (κ2) is 8.42. The average Bonchev–Trinajstić information content (AvgIpc) is 2.90. The van der Waals surface area contributed by atoms with E-state index in [-0.39, 0.29) is 41.5 Å². The number of carbonyl (C=O) groups excluding carboxylic acids is 1. The molecule has 0 aromatic heterocycles. The van der Waals surface area contributed by atoms with Crippen LogP contribution in [0.2, 0.25) is 0 Å². The summed E-state index contributed by atoms with van der Waals surface area (Å²) in [4.78, 5) is 19.0. The maximum absolute atomic E-state index is 13.4. The largest absolute Gasteiger partial charge is 0.386 e. The van der Waals surface area contributed by atoms with Gasteiger partial charge in [-0.05, 0) is 18.4 Å². The zero-order valence-corrected chi connectivity index (χ0v) is 15.2. The van der Waals surface area contributed by atoms with Crippen molar-refractivity contribution in [1.29, 1.82) is 0 Å². The predicted octanol–water partition coefficient (Wildman–Crippen LogP) is 1.85. The molecule has 0 bridgehead atoms. The van der Waals surface area contributed by atoms with Crippen LogP contribution in [0, 0.1) is 11.7 Å². The highest BCUT2D eigenvalue weighted by atomic mass is 32.2. The summed E-state index contributed by atoms with van der Waals surface area (Å²) in [6, 6.07) is 5.76. The lowest BCUT2D eigenvalue weighted by Gasteiger charge is -2.29. The predicted molar refractivity (Wildman–Crippen MR) is 93.6 cm³/mol.